The van der Waals surface area contributed by atoms with Crippen molar-refractivity contribution in [2.45, 2.75) is 38.2 Å². The van der Waals surface area contributed by atoms with Gasteiger partial charge in [-0.15, -0.1) is 0 Å². The fourth-order valence-corrected chi connectivity index (χ4v) is 2.59. The van der Waals surface area contributed by atoms with Crippen LogP contribution in [-0.2, 0) is 10.2 Å². The second-order valence-electron chi connectivity index (χ2n) is 6.22. The number of hydrogen-bond acceptors (Lipinski definition) is 2. The second kappa shape index (κ2) is 5.74. The van der Waals surface area contributed by atoms with Gasteiger partial charge in [-0.1, -0.05) is 23.7 Å². The average molecular weight is 296 g/mol. The third-order valence-corrected chi connectivity index (χ3v) is 4.33. The van der Waals surface area contributed by atoms with Crippen LogP contribution < -0.4 is 0 Å². The summed E-state index contributed by atoms with van der Waals surface area (Å²) in [7, 11) is 1.76. The quantitative estimate of drug-likeness (QED) is 0.907. The van der Waals surface area contributed by atoms with Crippen LogP contribution >= 0.6 is 11.6 Å². The van der Waals surface area contributed by atoms with Crippen molar-refractivity contribution in [3.8, 4) is 0 Å². The number of carbonyl (C=O) groups is 1. The minimum absolute atomic E-state index is 0.0134. The Bertz CT molecular complexity index is 480. The van der Waals surface area contributed by atoms with Crippen LogP contribution in [0.25, 0.3) is 0 Å². The monoisotopic (exact) mass is 295 g/mol. The molecule has 0 radical (unpaired) electrons. The van der Waals surface area contributed by atoms with E-state index in [1.807, 2.05) is 26.0 Å². The number of carbonyl (C=O) groups excluding carboxylic acids is 1. The third-order valence-electron chi connectivity index (χ3n) is 4.07. The number of nitrogens with zero attached hydrogens (tertiary/aromatic N) is 1. The molecule has 1 aliphatic carbocycles. The first-order chi connectivity index (χ1) is 9.32. The van der Waals surface area contributed by atoms with Crippen LogP contribution in [0.15, 0.2) is 24.3 Å². The van der Waals surface area contributed by atoms with E-state index < -0.39 is 11.5 Å². The Balaban J connectivity index is 2.06. The van der Waals surface area contributed by atoms with Gasteiger partial charge >= 0.3 is 0 Å². The van der Waals surface area contributed by atoms with E-state index in [1.165, 1.54) is 0 Å². The Morgan fingerprint density at radius 3 is 2.45 bits per heavy atom. The molecule has 1 aromatic carbocycles. The molecule has 1 aromatic rings. The smallest absolute Gasteiger partial charge is 0.232 e. The maximum absolute atomic E-state index is 12.6. The van der Waals surface area contributed by atoms with E-state index in [4.69, 9.17) is 11.6 Å². The molecule has 0 aliphatic heterocycles. The molecule has 1 atom stereocenters. The Labute approximate surface area is 125 Å². The SMILES string of the molecule is CN(CC(O)C1CC1)C(=O)C(C)(C)c1ccc(Cl)cc1. The van der Waals surface area contributed by atoms with Gasteiger partial charge in [0.25, 0.3) is 0 Å². The van der Waals surface area contributed by atoms with Crippen LogP contribution in [0.4, 0.5) is 0 Å². The molecule has 1 amide bonds. The summed E-state index contributed by atoms with van der Waals surface area (Å²) in [6.07, 6.45) is 1.75. The van der Waals surface area contributed by atoms with Gasteiger partial charge in [-0.2, -0.15) is 0 Å². The topological polar surface area (TPSA) is 40.5 Å². The van der Waals surface area contributed by atoms with E-state index in [2.05, 4.69) is 0 Å². The van der Waals surface area contributed by atoms with Crippen LogP contribution in [0.3, 0.4) is 0 Å². The lowest BCUT2D eigenvalue weighted by Gasteiger charge is -2.31. The molecule has 0 saturated heterocycles. The van der Waals surface area contributed by atoms with Gasteiger partial charge in [0.15, 0.2) is 0 Å². The Morgan fingerprint density at radius 1 is 1.40 bits per heavy atom. The summed E-state index contributed by atoms with van der Waals surface area (Å²) in [6, 6.07) is 7.35. The number of aliphatic hydroxyl groups excluding tert-OH is 1. The molecule has 1 N–H and O–H groups in total. The highest BCUT2D eigenvalue weighted by Crippen LogP contribution is 2.33. The predicted molar refractivity (Wildman–Crippen MR) is 80.8 cm³/mol. The number of aliphatic hydroxyl groups is 1. The fourth-order valence-electron chi connectivity index (χ4n) is 2.46. The van der Waals surface area contributed by atoms with E-state index in [1.54, 1.807) is 24.1 Å². The predicted octanol–water partition coefficient (Wildman–Crippen LogP) is 2.85. The third kappa shape index (κ3) is 3.33. The molecule has 1 unspecified atom stereocenters. The maximum atomic E-state index is 12.6. The van der Waals surface area contributed by atoms with Gasteiger partial charge in [-0.25, -0.2) is 0 Å². The van der Waals surface area contributed by atoms with Crippen molar-refractivity contribution in [1.82, 2.24) is 4.90 Å². The van der Waals surface area contributed by atoms with Gasteiger partial charge in [-0.3, -0.25) is 4.79 Å². The summed E-state index contributed by atoms with van der Waals surface area (Å²) in [5.41, 5.74) is 0.308. The van der Waals surface area contributed by atoms with Crippen molar-refractivity contribution in [3.63, 3.8) is 0 Å². The van der Waals surface area contributed by atoms with Crippen molar-refractivity contribution < 1.29 is 9.90 Å². The van der Waals surface area contributed by atoms with E-state index in [-0.39, 0.29) is 5.91 Å². The van der Waals surface area contributed by atoms with E-state index in [0.717, 1.165) is 18.4 Å². The number of likely N-dealkylation sites (N-methyl/N-ethyl adjacent to an activating group) is 1. The van der Waals surface area contributed by atoms with Crippen molar-refractivity contribution in [3.05, 3.63) is 34.9 Å². The molecule has 4 heteroatoms. The minimum Gasteiger partial charge on any atom is -0.391 e. The van der Waals surface area contributed by atoms with Gasteiger partial charge in [-0.05, 0) is 50.3 Å². The zero-order valence-corrected chi connectivity index (χ0v) is 13.0. The first kappa shape index (κ1) is 15.3. The molecule has 110 valence electrons. The molecule has 0 aromatic heterocycles. The molecular formula is C16H22ClNO2. The summed E-state index contributed by atoms with van der Waals surface area (Å²) in [5.74, 6) is 0.392. The highest BCUT2D eigenvalue weighted by molar-refractivity contribution is 6.30. The summed E-state index contributed by atoms with van der Waals surface area (Å²) in [6.45, 7) is 4.21. The molecule has 0 spiro atoms. The van der Waals surface area contributed by atoms with Gasteiger partial charge in [0.1, 0.15) is 0 Å². The number of halogens is 1. The number of benzene rings is 1. The van der Waals surface area contributed by atoms with Gasteiger partial charge in [0.05, 0.1) is 11.5 Å². The zero-order valence-electron chi connectivity index (χ0n) is 12.3. The highest BCUT2D eigenvalue weighted by Gasteiger charge is 2.36. The molecule has 1 aliphatic rings. The van der Waals surface area contributed by atoms with Crippen LogP contribution in [-0.4, -0.2) is 35.6 Å². The lowest BCUT2D eigenvalue weighted by atomic mass is 9.83. The Morgan fingerprint density at radius 2 is 1.95 bits per heavy atom. The molecule has 1 fully saturated rings. The first-order valence-corrected chi connectivity index (χ1v) is 7.40. The van der Waals surface area contributed by atoms with Crippen molar-refractivity contribution in [2.75, 3.05) is 13.6 Å². The zero-order chi connectivity index (χ0) is 14.9. The van der Waals surface area contributed by atoms with Gasteiger partial charge in [0.2, 0.25) is 5.91 Å². The molecule has 3 nitrogen and oxygen atoms in total. The van der Waals surface area contributed by atoms with E-state index in [0.29, 0.717) is 17.5 Å². The average Bonchev–Trinajstić information content (AvgIpc) is 3.22. The molecule has 20 heavy (non-hydrogen) atoms. The maximum Gasteiger partial charge on any atom is 0.232 e. The number of rotatable bonds is 5. The number of hydrogen-bond donors (Lipinski definition) is 1. The van der Waals surface area contributed by atoms with Crippen molar-refractivity contribution >= 4 is 17.5 Å². The van der Waals surface area contributed by atoms with E-state index >= 15 is 0 Å². The van der Waals surface area contributed by atoms with Crippen LogP contribution in [0.2, 0.25) is 5.02 Å². The summed E-state index contributed by atoms with van der Waals surface area (Å²) in [4.78, 5) is 14.2. The van der Waals surface area contributed by atoms with Crippen LogP contribution in [0.1, 0.15) is 32.3 Å². The largest absolute Gasteiger partial charge is 0.391 e. The van der Waals surface area contributed by atoms with Gasteiger partial charge < -0.3 is 10.0 Å². The van der Waals surface area contributed by atoms with Crippen molar-refractivity contribution in [1.29, 1.82) is 0 Å². The second-order valence-corrected chi connectivity index (χ2v) is 6.66. The summed E-state index contributed by atoms with van der Waals surface area (Å²) >= 11 is 5.89. The lowest BCUT2D eigenvalue weighted by molar-refractivity contribution is -0.136. The molecule has 0 bridgehead atoms. The lowest BCUT2D eigenvalue weighted by Crippen LogP contribution is -2.44. The van der Waals surface area contributed by atoms with Crippen molar-refractivity contribution in [2.24, 2.45) is 5.92 Å². The first-order valence-electron chi connectivity index (χ1n) is 7.02. The Kier molecular flexibility index (Phi) is 4.40. The molecule has 1 saturated carbocycles. The molecule has 2 rings (SSSR count). The summed E-state index contributed by atoms with van der Waals surface area (Å²) < 4.78 is 0. The normalized spacial score (nSPS) is 16.9. The molecule has 0 heterocycles. The van der Waals surface area contributed by atoms with Crippen LogP contribution in [0.5, 0.6) is 0 Å². The number of amides is 1. The minimum atomic E-state index is -0.622. The Hall–Kier alpha value is -1.06. The standard InChI is InChI=1S/C16H22ClNO2/c1-16(2,12-6-8-13(17)9-7-12)15(20)18(3)10-14(19)11-4-5-11/h6-9,11,14,19H,4-5,10H2,1-3H3. The highest BCUT2D eigenvalue weighted by atomic mass is 35.5. The van der Waals surface area contributed by atoms with Gasteiger partial charge in [0, 0.05) is 18.6 Å². The summed E-state index contributed by atoms with van der Waals surface area (Å²) in [5, 5.41) is 10.6. The molecular weight excluding hydrogens is 274 g/mol. The van der Waals surface area contributed by atoms with E-state index in [9.17, 15) is 9.90 Å². The fraction of sp³-hybridized carbons (Fsp3) is 0.562. The van der Waals surface area contributed by atoms with Crippen LogP contribution in [0, 0.1) is 5.92 Å².